The fourth-order valence-corrected chi connectivity index (χ4v) is 4.01. The van der Waals surface area contributed by atoms with Crippen LogP contribution in [0.25, 0.3) is 0 Å². The molecule has 2 aromatic heterocycles. The number of amides is 2. The van der Waals surface area contributed by atoms with E-state index in [1.165, 1.54) is 11.8 Å². The number of aromatic nitrogens is 3. The molecule has 0 atom stereocenters. The first-order valence-corrected chi connectivity index (χ1v) is 10.6. The highest BCUT2D eigenvalue weighted by atomic mass is 32.2. The second kappa shape index (κ2) is 9.04. The van der Waals surface area contributed by atoms with Gasteiger partial charge in [0, 0.05) is 24.3 Å². The van der Waals surface area contributed by atoms with E-state index in [-0.39, 0.29) is 11.7 Å². The molecule has 1 saturated heterocycles. The van der Waals surface area contributed by atoms with Gasteiger partial charge in [-0.3, -0.25) is 14.2 Å². The fraction of sp³-hybridized carbons (Fsp3) is 0.300. The molecule has 0 spiro atoms. The van der Waals surface area contributed by atoms with Crippen LogP contribution in [0.3, 0.4) is 0 Å². The number of primary amides is 1. The summed E-state index contributed by atoms with van der Waals surface area (Å²) in [5, 5.41) is 12.1. The van der Waals surface area contributed by atoms with E-state index in [4.69, 9.17) is 10.2 Å². The lowest BCUT2D eigenvalue weighted by molar-refractivity contribution is -0.113. The zero-order valence-electron chi connectivity index (χ0n) is 16.3. The van der Waals surface area contributed by atoms with E-state index in [0.717, 1.165) is 37.6 Å². The van der Waals surface area contributed by atoms with Crippen molar-refractivity contribution >= 4 is 35.2 Å². The van der Waals surface area contributed by atoms with Crippen molar-refractivity contribution in [1.82, 2.24) is 14.8 Å². The Morgan fingerprint density at radius 2 is 1.90 bits per heavy atom. The number of hydrogen-bond acceptors (Lipinski definition) is 7. The van der Waals surface area contributed by atoms with Crippen molar-refractivity contribution in [3.63, 3.8) is 0 Å². The van der Waals surface area contributed by atoms with E-state index in [2.05, 4.69) is 20.4 Å². The van der Waals surface area contributed by atoms with E-state index in [0.29, 0.717) is 23.0 Å². The average molecular weight is 427 g/mol. The van der Waals surface area contributed by atoms with Crippen LogP contribution in [0.4, 0.5) is 11.6 Å². The van der Waals surface area contributed by atoms with Gasteiger partial charge in [-0.2, -0.15) is 0 Å². The molecule has 1 aliphatic heterocycles. The molecule has 3 aromatic rings. The lowest BCUT2D eigenvalue weighted by Gasteiger charge is -2.17. The molecular formula is C20H22N6O3S. The van der Waals surface area contributed by atoms with Crippen LogP contribution >= 0.6 is 11.8 Å². The van der Waals surface area contributed by atoms with Crippen LogP contribution < -0.4 is 16.0 Å². The van der Waals surface area contributed by atoms with Crippen LogP contribution in [-0.2, 0) is 11.3 Å². The minimum atomic E-state index is -0.506. The van der Waals surface area contributed by atoms with Gasteiger partial charge < -0.3 is 20.4 Å². The SMILES string of the molecule is NC(=O)c1ccc(NC(=O)CSc2nnc(N3CCCC3)n2Cc2ccco2)cc1. The molecule has 0 unspecified atom stereocenters. The number of benzene rings is 1. The van der Waals surface area contributed by atoms with Crippen molar-refractivity contribution in [2.45, 2.75) is 24.5 Å². The molecule has 1 fully saturated rings. The molecule has 0 saturated carbocycles. The van der Waals surface area contributed by atoms with Crippen molar-refractivity contribution in [1.29, 1.82) is 0 Å². The molecule has 0 aliphatic carbocycles. The van der Waals surface area contributed by atoms with E-state index in [9.17, 15) is 9.59 Å². The minimum absolute atomic E-state index is 0.174. The molecule has 2 amide bonds. The Kier molecular flexibility index (Phi) is 6.03. The normalized spacial score (nSPS) is 13.5. The number of thioether (sulfide) groups is 1. The van der Waals surface area contributed by atoms with Gasteiger partial charge in [-0.25, -0.2) is 0 Å². The molecule has 1 aliphatic rings. The van der Waals surface area contributed by atoms with E-state index >= 15 is 0 Å². The third kappa shape index (κ3) is 4.65. The number of carbonyl (C=O) groups is 2. The van der Waals surface area contributed by atoms with Crippen LogP contribution in [0.2, 0.25) is 0 Å². The molecule has 3 heterocycles. The molecular weight excluding hydrogens is 404 g/mol. The summed E-state index contributed by atoms with van der Waals surface area (Å²) in [4.78, 5) is 25.7. The molecule has 4 rings (SSSR count). The van der Waals surface area contributed by atoms with Gasteiger partial charge in [-0.15, -0.1) is 10.2 Å². The molecule has 30 heavy (non-hydrogen) atoms. The second-order valence-electron chi connectivity index (χ2n) is 6.92. The Labute approximate surface area is 177 Å². The Morgan fingerprint density at radius 3 is 2.57 bits per heavy atom. The molecule has 1 aromatic carbocycles. The van der Waals surface area contributed by atoms with Gasteiger partial charge in [0.1, 0.15) is 5.76 Å². The highest BCUT2D eigenvalue weighted by Gasteiger charge is 2.22. The maximum Gasteiger partial charge on any atom is 0.248 e. The number of nitrogens with one attached hydrogen (secondary N) is 1. The van der Waals surface area contributed by atoms with Crippen molar-refractivity contribution < 1.29 is 14.0 Å². The van der Waals surface area contributed by atoms with Crippen LogP contribution in [0, 0.1) is 0 Å². The van der Waals surface area contributed by atoms with Crippen LogP contribution in [0.1, 0.15) is 29.0 Å². The summed E-state index contributed by atoms with van der Waals surface area (Å²) in [5.74, 6) is 1.09. The first kappa shape index (κ1) is 20.0. The summed E-state index contributed by atoms with van der Waals surface area (Å²) in [6.45, 7) is 2.40. The van der Waals surface area contributed by atoms with Crippen LogP contribution in [0.5, 0.6) is 0 Å². The number of carbonyl (C=O) groups excluding carboxylic acids is 2. The maximum absolute atomic E-state index is 12.4. The van der Waals surface area contributed by atoms with E-state index in [1.807, 2.05) is 16.7 Å². The number of furan rings is 1. The van der Waals surface area contributed by atoms with Gasteiger partial charge in [0.15, 0.2) is 5.16 Å². The largest absolute Gasteiger partial charge is 0.467 e. The predicted molar refractivity (Wildman–Crippen MR) is 114 cm³/mol. The van der Waals surface area contributed by atoms with Gasteiger partial charge in [0.2, 0.25) is 17.8 Å². The lowest BCUT2D eigenvalue weighted by atomic mass is 10.2. The summed E-state index contributed by atoms with van der Waals surface area (Å²) >= 11 is 1.32. The molecule has 10 heteroatoms. The number of hydrogen-bond donors (Lipinski definition) is 2. The molecule has 0 bridgehead atoms. The Balaban J connectivity index is 1.43. The summed E-state index contributed by atoms with van der Waals surface area (Å²) in [5.41, 5.74) is 6.22. The quantitative estimate of drug-likeness (QED) is 0.531. The predicted octanol–water partition coefficient (Wildman–Crippen LogP) is 2.35. The fourth-order valence-electron chi connectivity index (χ4n) is 3.28. The standard InChI is InChI=1S/C20H22N6O3S/c21-18(28)14-5-7-15(8-6-14)22-17(27)13-30-20-24-23-19(25-9-1-2-10-25)26(20)12-16-4-3-11-29-16/h3-8,11H,1-2,9-10,12-13H2,(H2,21,28)(H,22,27). The van der Waals surface area contributed by atoms with Gasteiger partial charge in [-0.05, 0) is 49.2 Å². The zero-order valence-corrected chi connectivity index (χ0v) is 17.1. The van der Waals surface area contributed by atoms with Gasteiger partial charge in [0.05, 0.1) is 18.6 Å². The van der Waals surface area contributed by atoms with Gasteiger partial charge in [-0.1, -0.05) is 11.8 Å². The number of nitrogens with two attached hydrogens (primary N) is 1. The lowest BCUT2D eigenvalue weighted by Crippen LogP contribution is -2.22. The summed E-state index contributed by atoms with van der Waals surface area (Å²) in [6.07, 6.45) is 3.90. The summed E-state index contributed by atoms with van der Waals surface area (Å²) in [7, 11) is 0. The monoisotopic (exact) mass is 426 g/mol. The highest BCUT2D eigenvalue weighted by Crippen LogP contribution is 2.26. The van der Waals surface area contributed by atoms with E-state index < -0.39 is 5.91 Å². The smallest absolute Gasteiger partial charge is 0.248 e. The Bertz CT molecular complexity index is 1010. The van der Waals surface area contributed by atoms with Crippen LogP contribution in [-0.4, -0.2) is 45.4 Å². The number of rotatable bonds is 8. The highest BCUT2D eigenvalue weighted by molar-refractivity contribution is 7.99. The Hall–Kier alpha value is -3.27. The molecule has 3 N–H and O–H groups in total. The zero-order chi connectivity index (χ0) is 20.9. The van der Waals surface area contributed by atoms with Crippen molar-refractivity contribution in [3.8, 4) is 0 Å². The maximum atomic E-state index is 12.4. The first-order chi connectivity index (χ1) is 14.6. The molecule has 9 nitrogen and oxygen atoms in total. The first-order valence-electron chi connectivity index (χ1n) is 9.63. The van der Waals surface area contributed by atoms with Crippen molar-refractivity contribution in [3.05, 3.63) is 54.0 Å². The average Bonchev–Trinajstić information content (AvgIpc) is 3.50. The Morgan fingerprint density at radius 1 is 1.13 bits per heavy atom. The minimum Gasteiger partial charge on any atom is -0.467 e. The van der Waals surface area contributed by atoms with Crippen LogP contribution in [0.15, 0.2) is 52.2 Å². The number of nitrogens with zero attached hydrogens (tertiary/aromatic N) is 4. The molecule has 156 valence electrons. The van der Waals surface area contributed by atoms with Gasteiger partial charge in [0.25, 0.3) is 0 Å². The third-order valence-corrected chi connectivity index (χ3v) is 5.73. The van der Waals surface area contributed by atoms with Gasteiger partial charge >= 0.3 is 0 Å². The molecule has 0 radical (unpaired) electrons. The summed E-state index contributed by atoms with van der Waals surface area (Å²) in [6, 6.07) is 10.2. The van der Waals surface area contributed by atoms with Crippen molar-refractivity contribution in [2.24, 2.45) is 5.73 Å². The second-order valence-corrected chi connectivity index (χ2v) is 7.86. The topological polar surface area (TPSA) is 119 Å². The van der Waals surface area contributed by atoms with Crippen molar-refractivity contribution in [2.75, 3.05) is 29.1 Å². The summed E-state index contributed by atoms with van der Waals surface area (Å²) < 4.78 is 7.48. The van der Waals surface area contributed by atoms with E-state index in [1.54, 1.807) is 30.5 Å². The number of anilines is 2. The third-order valence-electron chi connectivity index (χ3n) is 4.77.